The number of anilines is 1. The molecule has 0 spiro atoms. The molecule has 0 atom stereocenters. The molecule has 4 N–H and O–H groups in total. The third-order valence-corrected chi connectivity index (χ3v) is 2.39. The highest BCUT2D eigenvalue weighted by Gasteiger charge is 2.23. The third-order valence-electron chi connectivity index (χ3n) is 2.39. The zero-order valence-electron chi connectivity index (χ0n) is 10.3. The van der Waals surface area contributed by atoms with E-state index in [1.54, 1.807) is 0 Å². The fraction of sp³-hybridized carbons (Fsp3) is 0.273. The normalized spacial score (nSPS) is 9.74. The number of benzene rings is 1. The maximum Gasteiger partial charge on any atom is 0.305 e. The number of nitrogens with two attached hydrogens (primary N) is 1. The molecular weight excluding hydrogens is 252 g/mol. The van der Waals surface area contributed by atoms with E-state index in [4.69, 9.17) is 5.73 Å². The molecule has 8 nitrogen and oxygen atoms in total. The lowest BCUT2D eigenvalue weighted by molar-refractivity contribution is -0.384. The summed E-state index contributed by atoms with van der Waals surface area (Å²) in [6.07, 6.45) is -0.0226. The molecule has 0 bridgehead atoms. The molecule has 0 aliphatic carbocycles. The molecule has 0 saturated carbocycles. The molecule has 0 heterocycles. The van der Waals surface area contributed by atoms with Gasteiger partial charge in [-0.1, -0.05) is 6.07 Å². The molecule has 8 heteroatoms. The van der Waals surface area contributed by atoms with Crippen LogP contribution in [-0.4, -0.2) is 30.3 Å². The third kappa shape index (κ3) is 3.66. The molecule has 0 saturated heterocycles. The van der Waals surface area contributed by atoms with Crippen molar-refractivity contribution in [3.8, 4) is 0 Å². The van der Waals surface area contributed by atoms with Crippen LogP contribution in [0.3, 0.4) is 0 Å². The van der Waals surface area contributed by atoms with E-state index in [2.05, 4.69) is 10.6 Å². The van der Waals surface area contributed by atoms with Gasteiger partial charge in [0.25, 0.3) is 5.91 Å². The Morgan fingerprint density at radius 2 is 2.11 bits per heavy atom. The van der Waals surface area contributed by atoms with Crippen molar-refractivity contribution in [2.45, 2.75) is 6.42 Å². The first-order chi connectivity index (χ1) is 8.97. The topological polar surface area (TPSA) is 127 Å². The van der Waals surface area contributed by atoms with Gasteiger partial charge in [-0.25, -0.2) is 0 Å². The predicted octanol–water partition coefficient (Wildman–Crippen LogP) is 0.242. The van der Waals surface area contributed by atoms with E-state index in [1.165, 1.54) is 25.2 Å². The van der Waals surface area contributed by atoms with E-state index in [1.807, 2.05) is 0 Å². The van der Waals surface area contributed by atoms with Crippen molar-refractivity contribution in [3.05, 3.63) is 33.9 Å². The number of carbonyl (C=O) groups excluding carboxylic acids is 2. The van der Waals surface area contributed by atoms with E-state index >= 15 is 0 Å². The number of amides is 2. The molecule has 1 rings (SSSR count). The number of para-hydroxylation sites is 1. The monoisotopic (exact) mass is 266 g/mol. The first-order valence-corrected chi connectivity index (χ1v) is 5.49. The van der Waals surface area contributed by atoms with Crippen LogP contribution in [0.1, 0.15) is 16.8 Å². The van der Waals surface area contributed by atoms with Crippen molar-refractivity contribution in [1.29, 1.82) is 0 Å². The maximum atomic E-state index is 11.8. The Hall–Kier alpha value is -2.64. The number of nitro benzene ring substituents is 1. The van der Waals surface area contributed by atoms with Crippen molar-refractivity contribution < 1.29 is 14.5 Å². The summed E-state index contributed by atoms with van der Waals surface area (Å²) in [6.45, 7) is 0.0368. The molecule has 19 heavy (non-hydrogen) atoms. The van der Waals surface area contributed by atoms with Gasteiger partial charge < -0.3 is 16.4 Å². The number of nitro groups is 1. The Labute approximate surface area is 109 Å². The highest BCUT2D eigenvalue weighted by Crippen LogP contribution is 2.27. The van der Waals surface area contributed by atoms with Gasteiger partial charge in [-0.2, -0.15) is 0 Å². The van der Waals surface area contributed by atoms with E-state index in [0.717, 1.165) is 0 Å². The van der Waals surface area contributed by atoms with Gasteiger partial charge in [0.2, 0.25) is 5.91 Å². The summed E-state index contributed by atoms with van der Waals surface area (Å²) in [5.74, 6) is -1.18. The lowest BCUT2D eigenvalue weighted by Crippen LogP contribution is -2.28. The summed E-state index contributed by atoms with van der Waals surface area (Å²) in [5, 5.41) is 16.1. The van der Waals surface area contributed by atoms with Gasteiger partial charge in [0.15, 0.2) is 0 Å². The van der Waals surface area contributed by atoms with E-state index in [0.29, 0.717) is 0 Å². The van der Waals surface area contributed by atoms with Crippen molar-refractivity contribution in [2.24, 2.45) is 5.73 Å². The van der Waals surface area contributed by atoms with Gasteiger partial charge in [0.1, 0.15) is 11.3 Å². The lowest BCUT2D eigenvalue weighted by Gasteiger charge is -2.07. The van der Waals surface area contributed by atoms with E-state index in [-0.39, 0.29) is 29.9 Å². The van der Waals surface area contributed by atoms with E-state index < -0.39 is 16.7 Å². The van der Waals surface area contributed by atoms with Gasteiger partial charge in [0, 0.05) is 20.0 Å². The Bertz CT molecular complexity index is 515. The Morgan fingerprint density at radius 3 is 2.63 bits per heavy atom. The van der Waals surface area contributed by atoms with Crippen LogP contribution >= 0.6 is 0 Å². The van der Waals surface area contributed by atoms with Gasteiger partial charge in [-0.15, -0.1) is 0 Å². The Morgan fingerprint density at radius 1 is 1.42 bits per heavy atom. The number of hydrogen-bond donors (Lipinski definition) is 3. The summed E-state index contributed by atoms with van der Waals surface area (Å²) in [6, 6.07) is 4.37. The quantitative estimate of drug-likeness (QED) is 0.502. The van der Waals surface area contributed by atoms with Crippen LogP contribution in [-0.2, 0) is 4.79 Å². The summed E-state index contributed by atoms with van der Waals surface area (Å²) >= 11 is 0. The number of nitrogens with zero attached hydrogens (tertiary/aromatic N) is 1. The number of rotatable bonds is 6. The number of carbonyl (C=O) groups is 2. The van der Waals surface area contributed by atoms with Crippen molar-refractivity contribution in [3.63, 3.8) is 0 Å². The van der Waals surface area contributed by atoms with E-state index in [9.17, 15) is 19.7 Å². The molecule has 0 aliphatic rings. The molecule has 1 aromatic rings. The largest absolute Gasteiger partial charge is 0.383 e. The van der Waals surface area contributed by atoms with Crippen molar-refractivity contribution in [2.75, 3.05) is 18.9 Å². The Kier molecular flexibility index (Phi) is 4.81. The van der Waals surface area contributed by atoms with Crippen LogP contribution < -0.4 is 16.4 Å². The van der Waals surface area contributed by atoms with Crippen molar-refractivity contribution >= 4 is 23.2 Å². The molecule has 0 fully saturated rings. The number of hydrogen-bond acceptors (Lipinski definition) is 5. The minimum atomic E-state index is -0.630. The highest BCUT2D eigenvalue weighted by molar-refractivity contribution is 6.00. The summed E-state index contributed by atoms with van der Waals surface area (Å²) in [4.78, 5) is 32.7. The first-order valence-electron chi connectivity index (χ1n) is 5.49. The van der Waals surface area contributed by atoms with Gasteiger partial charge in [-0.3, -0.25) is 19.7 Å². The second-order valence-corrected chi connectivity index (χ2v) is 3.68. The molecule has 0 aliphatic heterocycles. The minimum absolute atomic E-state index is 0.0226. The smallest absolute Gasteiger partial charge is 0.305 e. The SMILES string of the molecule is CNc1cccc(C(=O)NCCC(N)=O)c1[N+](=O)[O-]. The van der Waals surface area contributed by atoms with Crippen LogP contribution in [0.4, 0.5) is 11.4 Å². The standard InChI is InChI=1S/C11H14N4O4/c1-13-8-4-2-3-7(10(8)15(18)19)11(17)14-6-5-9(12)16/h2-4,13H,5-6H2,1H3,(H2,12,16)(H,14,17). The Balaban J connectivity index is 2.96. The molecule has 0 radical (unpaired) electrons. The summed E-state index contributed by atoms with van der Waals surface area (Å²) < 4.78 is 0. The van der Waals surface area contributed by atoms with Crippen molar-refractivity contribution in [1.82, 2.24) is 5.32 Å². The molecule has 0 aromatic heterocycles. The molecule has 2 amide bonds. The fourth-order valence-electron chi connectivity index (χ4n) is 1.52. The molecular formula is C11H14N4O4. The zero-order chi connectivity index (χ0) is 14.4. The molecule has 0 unspecified atom stereocenters. The highest BCUT2D eigenvalue weighted by atomic mass is 16.6. The first kappa shape index (κ1) is 14.4. The van der Waals surface area contributed by atoms with Gasteiger partial charge in [0.05, 0.1) is 4.92 Å². The van der Waals surface area contributed by atoms with Crippen LogP contribution in [0.5, 0.6) is 0 Å². The average Bonchev–Trinajstić information content (AvgIpc) is 2.36. The zero-order valence-corrected chi connectivity index (χ0v) is 10.3. The second kappa shape index (κ2) is 6.34. The van der Waals surface area contributed by atoms with Crippen LogP contribution in [0.25, 0.3) is 0 Å². The summed E-state index contributed by atoms with van der Waals surface area (Å²) in [5.41, 5.74) is 4.80. The summed E-state index contributed by atoms with van der Waals surface area (Å²) in [7, 11) is 1.52. The maximum absolute atomic E-state index is 11.8. The second-order valence-electron chi connectivity index (χ2n) is 3.68. The number of nitrogens with one attached hydrogen (secondary N) is 2. The molecule has 102 valence electrons. The number of primary amides is 1. The predicted molar refractivity (Wildman–Crippen MR) is 68.8 cm³/mol. The van der Waals surface area contributed by atoms with Gasteiger partial charge >= 0.3 is 5.69 Å². The van der Waals surface area contributed by atoms with Gasteiger partial charge in [-0.05, 0) is 12.1 Å². The van der Waals surface area contributed by atoms with Crippen LogP contribution in [0.15, 0.2) is 18.2 Å². The van der Waals surface area contributed by atoms with Crippen LogP contribution in [0, 0.1) is 10.1 Å². The molecule has 1 aromatic carbocycles. The fourth-order valence-corrected chi connectivity index (χ4v) is 1.52. The average molecular weight is 266 g/mol. The lowest BCUT2D eigenvalue weighted by atomic mass is 10.1. The van der Waals surface area contributed by atoms with Crippen LogP contribution in [0.2, 0.25) is 0 Å². The minimum Gasteiger partial charge on any atom is -0.383 e.